The van der Waals surface area contributed by atoms with Crippen molar-refractivity contribution in [3.63, 3.8) is 0 Å². The number of aryl methyl sites for hydroxylation is 1. The normalized spacial score (nSPS) is 13.6. The monoisotopic (exact) mass is 163 g/mol. The Balaban J connectivity index is 2.83. The third-order valence-corrected chi connectivity index (χ3v) is 1.68. The van der Waals surface area contributed by atoms with Gasteiger partial charge in [-0.25, -0.2) is 0 Å². The lowest BCUT2D eigenvalue weighted by Crippen LogP contribution is -2.07. The van der Waals surface area contributed by atoms with Crippen molar-refractivity contribution in [3.8, 4) is 0 Å². The number of rotatable bonds is 0. The van der Waals surface area contributed by atoms with Gasteiger partial charge in [-0.2, -0.15) is 0 Å². The van der Waals surface area contributed by atoms with Gasteiger partial charge in [-0.05, 0) is 12.5 Å². The molecule has 0 aromatic carbocycles. The maximum absolute atomic E-state index is 11.0. The minimum absolute atomic E-state index is 0.264. The topological polar surface area (TPSA) is 74.7 Å². The van der Waals surface area contributed by atoms with Gasteiger partial charge in [0.2, 0.25) is 5.56 Å². The molecule has 5 heteroatoms. The van der Waals surface area contributed by atoms with Gasteiger partial charge in [0, 0.05) is 6.07 Å². The summed E-state index contributed by atoms with van der Waals surface area (Å²) in [5.41, 5.74) is 0.748. The molecule has 0 radical (unpaired) electrons. The number of nitrogens with one attached hydrogen (secondary N) is 1. The molecule has 0 saturated carbocycles. The summed E-state index contributed by atoms with van der Waals surface area (Å²) in [7, 11) is 0. The quantitative estimate of drug-likeness (QED) is 0.617. The highest BCUT2D eigenvalue weighted by molar-refractivity contribution is 6.02. The van der Waals surface area contributed by atoms with E-state index in [4.69, 9.17) is 0 Å². The fourth-order valence-corrected chi connectivity index (χ4v) is 1.16. The van der Waals surface area contributed by atoms with E-state index in [0.29, 0.717) is 11.1 Å². The Morgan fingerprint density at radius 3 is 2.83 bits per heavy atom. The predicted molar refractivity (Wildman–Crippen MR) is 40.6 cm³/mol. The number of carbonyl (C=O) groups is 1. The van der Waals surface area contributed by atoms with E-state index in [2.05, 4.69) is 15.2 Å². The molecule has 0 atom stereocenters. The standard InChI is InChI=1S/C7H5N3O2/c1-3-2-4(11)8-6-5(3)7(12)10-9-6/h2H,1H3,(H,8,11). The van der Waals surface area contributed by atoms with E-state index in [9.17, 15) is 9.59 Å². The third kappa shape index (κ3) is 0.795. The van der Waals surface area contributed by atoms with E-state index in [-0.39, 0.29) is 11.4 Å². The summed E-state index contributed by atoms with van der Waals surface area (Å²) in [6, 6.07) is 1.35. The molecule has 5 nitrogen and oxygen atoms in total. The molecule has 0 fully saturated rings. The number of nitrogens with zero attached hydrogens (tertiary/aromatic N) is 2. The van der Waals surface area contributed by atoms with Crippen LogP contribution in [0.5, 0.6) is 0 Å². The van der Waals surface area contributed by atoms with Crippen LogP contribution in [0.1, 0.15) is 15.9 Å². The van der Waals surface area contributed by atoms with Crippen LogP contribution >= 0.6 is 0 Å². The molecule has 60 valence electrons. The molecule has 12 heavy (non-hydrogen) atoms. The zero-order valence-electron chi connectivity index (χ0n) is 6.29. The molecule has 2 rings (SSSR count). The first-order valence-electron chi connectivity index (χ1n) is 3.38. The molecule has 0 aliphatic carbocycles. The van der Waals surface area contributed by atoms with Crippen LogP contribution in [-0.4, -0.2) is 10.9 Å². The Bertz CT molecular complexity index is 444. The van der Waals surface area contributed by atoms with Crippen molar-refractivity contribution in [2.24, 2.45) is 10.2 Å². The van der Waals surface area contributed by atoms with Gasteiger partial charge in [0.05, 0.1) is 5.56 Å². The number of amides is 1. The molecule has 0 unspecified atom stereocenters. The molecule has 1 amide bonds. The summed E-state index contributed by atoms with van der Waals surface area (Å²) in [5.74, 6) is -0.122. The number of carbonyl (C=O) groups excluding carboxylic acids is 1. The van der Waals surface area contributed by atoms with E-state index < -0.39 is 5.91 Å². The molecular formula is C7H5N3O2. The largest absolute Gasteiger partial charge is 0.305 e. The predicted octanol–water partition coefficient (Wildman–Crippen LogP) is 0.921. The Morgan fingerprint density at radius 2 is 2.08 bits per heavy atom. The fraction of sp³-hybridized carbons (Fsp3) is 0.143. The van der Waals surface area contributed by atoms with Gasteiger partial charge in [0.15, 0.2) is 5.82 Å². The average molecular weight is 163 g/mol. The summed E-state index contributed by atoms with van der Waals surface area (Å²) < 4.78 is 0. The van der Waals surface area contributed by atoms with Gasteiger partial charge >= 0.3 is 0 Å². The number of azo groups is 1. The lowest BCUT2D eigenvalue weighted by Gasteiger charge is -1.96. The highest BCUT2D eigenvalue weighted by atomic mass is 16.2. The van der Waals surface area contributed by atoms with Crippen molar-refractivity contribution < 1.29 is 4.79 Å². The summed E-state index contributed by atoms with van der Waals surface area (Å²) in [6.45, 7) is 1.68. The van der Waals surface area contributed by atoms with Gasteiger partial charge in [-0.3, -0.25) is 9.59 Å². The molecule has 1 aromatic heterocycles. The molecule has 1 aliphatic rings. The highest BCUT2D eigenvalue weighted by Gasteiger charge is 2.20. The van der Waals surface area contributed by atoms with Crippen molar-refractivity contribution in [3.05, 3.63) is 27.5 Å². The molecule has 0 bridgehead atoms. The van der Waals surface area contributed by atoms with Crippen LogP contribution < -0.4 is 5.56 Å². The molecule has 0 spiro atoms. The van der Waals surface area contributed by atoms with Gasteiger partial charge in [-0.15, -0.1) is 10.2 Å². The van der Waals surface area contributed by atoms with Crippen LogP contribution in [0, 0.1) is 6.92 Å². The van der Waals surface area contributed by atoms with Crippen LogP contribution in [0.3, 0.4) is 0 Å². The number of aromatic amines is 1. The van der Waals surface area contributed by atoms with Crippen molar-refractivity contribution in [1.29, 1.82) is 0 Å². The SMILES string of the molecule is Cc1cc(=O)[nH]c2c1C(=O)N=N2. The van der Waals surface area contributed by atoms with Crippen LogP contribution in [-0.2, 0) is 0 Å². The Morgan fingerprint density at radius 1 is 1.33 bits per heavy atom. The molecule has 0 saturated heterocycles. The van der Waals surface area contributed by atoms with Gasteiger partial charge in [-0.1, -0.05) is 0 Å². The first kappa shape index (κ1) is 6.90. The Kier molecular flexibility index (Phi) is 1.21. The Labute approximate surface area is 67.1 Å². The maximum atomic E-state index is 11.0. The number of hydrogen-bond donors (Lipinski definition) is 1. The van der Waals surface area contributed by atoms with E-state index >= 15 is 0 Å². The fourth-order valence-electron chi connectivity index (χ4n) is 1.16. The second-order valence-electron chi connectivity index (χ2n) is 2.55. The smallest absolute Gasteiger partial charge is 0.299 e. The number of pyridine rings is 1. The minimum Gasteiger partial charge on any atom is -0.305 e. The second kappa shape index (κ2) is 2.10. The Hall–Kier alpha value is -1.78. The summed E-state index contributed by atoms with van der Waals surface area (Å²) in [4.78, 5) is 24.3. The van der Waals surface area contributed by atoms with Crippen molar-refractivity contribution in [2.45, 2.75) is 6.92 Å². The average Bonchev–Trinajstić information content (AvgIpc) is 2.31. The third-order valence-electron chi connectivity index (χ3n) is 1.68. The van der Waals surface area contributed by atoms with Crippen LogP contribution in [0.2, 0.25) is 0 Å². The first-order chi connectivity index (χ1) is 5.68. The van der Waals surface area contributed by atoms with Crippen LogP contribution in [0.4, 0.5) is 5.82 Å². The van der Waals surface area contributed by atoms with E-state index in [1.807, 2.05) is 0 Å². The second-order valence-corrected chi connectivity index (χ2v) is 2.55. The summed E-state index contributed by atoms with van der Waals surface area (Å²) >= 11 is 0. The van der Waals surface area contributed by atoms with Crippen LogP contribution in [0.15, 0.2) is 21.1 Å². The minimum atomic E-state index is -0.390. The van der Waals surface area contributed by atoms with Crippen molar-refractivity contribution in [1.82, 2.24) is 4.98 Å². The molecule has 2 heterocycles. The molecule has 1 aromatic rings. The van der Waals surface area contributed by atoms with E-state index in [0.717, 1.165) is 0 Å². The van der Waals surface area contributed by atoms with Crippen LogP contribution in [0.25, 0.3) is 0 Å². The molecule has 1 N–H and O–H groups in total. The molecular weight excluding hydrogens is 158 g/mol. The van der Waals surface area contributed by atoms with E-state index in [1.54, 1.807) is 6.92 Å². The van der Waals surface area contributed by atoms with E-state index in [1.165, 1.54) is 6.07 Å². The molecule has 1 aliphatic heterocycles. The highest BCUT2D eigenvalue weighted by Crippen LogP contribution is 2.24. The maximum Gasteiger partial charge on any atom is 0.299 e. The number of fused-ring (bicyclic) bond motifs is 1. The number of aromatic nitrogens is 1. The van der Waals surface area contributed by atoms with Crippen molar-refractivity contribution >= 4 is 11.7 Å². The summed E-state index contributed by atoms with van der Waals surface area (Å²) in [6.07, 6.45) is 0. The lowest BCUT2D eigenvalue weighted by molar-refractivity contribution is 0.100. The van der Waals surface area contributed by atoms with Gasteiger partial charge < -0.3 is 4.98 Å². The number of H-pyrrole nitrogens is 1. The zero-order chi connectivity index (χ0) is 8.72. The zero-order valence-corrected chi connectivity index (χ0v) is 6.29. The van der Waals surface area contributed by atoms with Crippen molar-refractivity contribution in [2.75, 3.05) is 0 Å². The van der Waals surface area contributed by atoms with Gasteiger partial charge in [0.25, 0.3) is 5.91 Å². The lowest BCUT2D eigenvalue weighted by atomic mass is 10.1. The first-order valence-corrected chi connectivity index (χ1v) is 3.38. The van der Waals surface area contributed by atoms with Gasteiger partial charge in [0.1, 0.15) is 0 Å². The number of hydrogen-bond acceptors (Lipinski definition) is 3. The summed E-state index contributed by atoms with van der Waals surface area (Å²) in [5, 5.41) is 6.84.